The van der Waals surface area contributed by atoms with E-state index in [9.17, 15) is 4.79 Å². The molecule has 0 atom stereocenters. The third kappa shape index (κ3) is 2.17. The average Bonchev–Trinajstić information content (AvgIpc) is 2.74. The maximum atomic E-state index is 10.9. The first-order valence-electron chi connectivity index (χ1n) is 5.09. The lowest BCUT2D eigenvalue weighted by Gasteiger charge is -2.09. The Morgan fingerprint density at radius 2 is 2.06 bits per heavy atom. The molecule has 0 radical (unpaired) electrons. The number of hydrogen-bond acceptors (Lipinski definition) is 3. The van der Waals surface area contributed by atoms with Crippen LogP contribution in [0.5, 0.6) is 5.75 Å². The minimum atomic E-state index is -0.947. The van der Waals surface area contributed by atoms with Gasteiger partial charge in [0.2, 0.25) is 0 Å². The Bertz CT molecular complexity index is 558. The van der Waals surface area contributed by atoms with E-state index in [-0.39, 0.29) is 5.56 Å². The fraction of sp³-hybridized carbons (Fsp3) is 0.154. The van der Waals surface area contributed by atoms with Gasteiger partial charge in [-0.1, -0.05) is 0 Å². The first-order valence-corrected chi connectivity index (χ1v) is 5.97. The van der Waals surface area contributed by atoms with Crippen molar-refractivity contribution in [1.29, 1.82) is 0 Å². The van der Waals surface area contributed by atoms with Crippen LogP contribution in [0.3, 0.4) is 0 Å². The minimum absolute atomic E-state index is 0.235. The molecule has 1 aromatic heterocycles. The number of hydrogen-bond donors (Lipinski definition) is 1. The molecule has 0 saturated carbocycles. The summed E-state index contributed by atoms with van der Waals surface area (Å²) in [7, 11) is 1.55. The van der Waals surface area contributed by atoms with Crippen LogP contribution >= 0.6 is 11.3 Å². The number of rotatable bonds is 3. The van der Waals surface area contributed by atoms with E-state index in [1.54, 1.807) is 36.6 Å². The molecule has 0 unspecified atom stereocenters. The number of ether oxygens (including phenoxy) is 1. The summed E-state index contributed by atoms with van der Waals surface area (Å²) in [5, 5.41) is 10.9. The van der Waals surface area contributed by atoms with Crippen molar-refractivity contribution in [2.24, 2.45) is 0 Å². The fourth-order valence-corrected chi connectivity index (χ4v) is 2.42. The number of benzene rings is 1. The predicted molar refractivity (Wildman–Crippen MR) is 68.0 cm³/mol. The van der Waals surface area contributed by atoms with Gasteiger partial charge in [-0.05, 0) is 42.1 Å². The van der Waals surface area contributed by atoms with Gasteiger partial charge in [0, 0.05) is 10.4 Å². The summed E-state index contributed by atoms with van der Waals surface area (Å²) >= 11 is 1.66. The predicted octanol–water partition coefficient (Wildman–Crippen LogP) is 3.43. The molecule has 0 saturated heterocycles. The maximum absolute atomic E-state index is 10.9. The Morgan fingerprint density at radius 3 is 2.59 bits per heavy atom. The van der Waals surface area contributed by atoms with Crippen molar-refractivity contribution in [2.75, 3.05) is 7.11 Å². The van der Waals surface area contributed by atoms with Gasteiger partial charge in [-0.25, -0.2) is 4.79 Å². The van der Waals surface area contributed by atoms with E-state index in [0.29, 0.717) is 5.75 Å². The lowest BCUT2D eigenvalue weighted by atomic mass is 10.0. The van der Waals surface area contributed by atoms with Crippen LogP contribution in [0.4, 0.5) is 0 Å². The van der Waals surface area contributed by atoms with Crippen molar-refractivity contribution in [1.82, 2.24) is 0 Å². The van der Waals surface area contributed by atoms with Gasteiger partial charge in [-0.15, -0.1) is 11.3 Å². The number of aromatic carboxylic acids is 1. The molecule has 0 amide bonds. The summed E-state index contributed by atoms with van der Waals surface area (Å²) in [6.07, 6.45) is 0. The zero-order chi connectivity index (χ0) is 12.4. The van der Waals surface area contributed by atoms with Crippen LogP contribution in [-0.2, 0) is 0 Å². The van der Waals surface area contributed by atoms with E-state index in [1.807, 2.05) is 18.4 Å². The molecule has 0 aliphatic carbocycles. The molecule has 0 spiro atoms. The monoisotopic (exact) mass is 248 g/mol. The largest absolute Gasteiger partial charge is 0.496 e. The lowest BCUT2D eigenvalue weighted by molar-refractivity contribution is 0.0696. The van der Waals surface area contributed by atoms with Crippen LogP contribution < -0.4 is 4.74 Å². The fourth-order valence-electron chi connectivity index (χ4n) is 1.71. The van der Waals surface area contributed by atoms with Crippen LogP contribution in [0.2, 0.25) is 0 Å². The molecular formula is C13H12O3S. The average molecular weight is 248 g/mol. The SMILES string of the molecule is COc1cc(C(=O)O)ccc1-c1ccsc1C. The molecule has 0 fully saturated rings. The van der Waals surface area contributed by atoms with E-state index in [1.165, 1.54) is 4.88 Å². The lowest BCUT2D eigenvalue weighted by Crippen LogP contribution is -1.98. The second kappa shape index (κ2) is 4.59. The van der Waals surface area contributed by atoms with E-state index in [4.69, 9.17) is 9.84 Å². The number of carboxylic acids is 1. The zero-order valence-electron chi connectivity index (χ0n) is 9.56. The number of aryl methyl sites for hydroxylation is 1. The molecule has 1 aromatic carbocycles. The Hall–Kier alpha value is -1.81. The first kappa shape index (κ1) is 11.7. The topological polar surface area (TPSA) is 46.5 Å². The second-order valence-corrected chi connectivity index (χ2v) is 4.73. The summed E-state index contributed by atoms with van der Waals surface area (Å²) in [5.74, 6) is -0.358. The quantitative estimate of drug-likeness (QED) is 0.905. The molecular weight excluding hydrogens is 236 g/mol. The van der Waals surface area contributed by atoms with Crippen LogP contribution in [-0.4, -0.2) is 18.2 Å². The van der Waals surface area contributed by atoms with E-state index in [0.717, 1.165) is 11.1 Å². The highest BCUT2D eigenvalue weighted by Crippen LogP contribution is 2.35. The Balaban J connectivity index is 2.56. The highest BCUT2D eigenvalue weighted by molar-refractivity contribution is 7.10. The van der Waals surface area contributed by atoms with Crippen LogP contribution in [0.25, 0.3) is 11.1 Å². The first-order chi connectivity index (χ1) is 8.13. The molecule has 3 nitrogen and oxygen atoms in total. The van der Waals surface area contributed by atoms with Gasteiger partial charge in [-0.3, -0.25) is 0 Å². The minimum Gasteiger partial charge on any atom is -0.496 e. The van der Waals surface area contributed by atoms with Gasteiger partial charge in [0.25, 0.3) is 0 Å². The maximum Gasteiger partial charge on any atom is 0.335 e. The molecule has 4 heteroatoms. The molecule has 2 rings (SSSR count). The highest BCUT2D eigenvalue weighted by atomic mass is 32.1. The van der Waals surface area contributed by atoms with Crippen molar-refractivity contribution in [3.05, 3.63) is 40.1 Å². The summed E-state index contributed by atoms with van der Waals surface area (Å²) in [6.45, 7) is 2.03. The van der Waals surface area contributed by atoms with Gasteiger partial charge in [-0.2, -0.15) is 0 Å². The van der Waals surface area contributed by atoms with Crippen LogP contribution in [0.15, 0.2) is 29.6 Å². The number of carbonyl (C=O) groups is 1. The molecule has 17 heavy (non-hydrogen) atoms. The molecule has 88 valence electrons. The number of methoxy groups -OCH3 is 1. The van der Waals surface area contributed by atoms with E-state index >= 15 is 0 Å². The highest BCUT2D eigenvalue weighted by Gasteiger charge is 2.12. The molecule has 0 aliphatic rings. The molecule has 0 aliphatic heterocycles. The summed E-state index contributed by atoms with van der Waals surface area (Å²) in [5.41, 5.74) is 2.25. The zero-order valence-corrected chi connectivity index (χ0v) is 10.4. The summed E-state index contributed by atoms with van der Waals surface area (Å²) in [6, 6.07) is 6.95. The van der Waals surface area contributed by atoms with Crippen molar-refractivity contribution in [3.63, 3.8) is 0 Å². The third-order valence-electron chi connectivity index (χ3n) is 2.60. The van der Waals surface area contributed by atoms with Gasteiger partial charge in [0.15, 0.2) is 0 Å². The molecule has 1 N–H and O–H groups in total. The van der Waals surface area contributed by atoms with Gasteiger partial charge < -0.3 is 9.84 Å². The van der Waals surface area contributed by atoms with Gasteiger partial charge in [0.05, 0.1) is 12.7 Å². The van der Waals surface area contributed by atoms with Gasteiger partial charge in [0.1, 0.15) is 5.75 Å². The number of carboxylic acid groups (broad SMARTS) is 1. The van der Waals surface area contributed by atoms with Crippen LogP contribution in [0.1, 0.15) is 15.2 Å². The summed E-state index contributed by atoms with van der Waals surface area (Å²) < 4.78 is 5.26. The van der Waals surface area contributed by atoms with E-state index < -0.39 is 5.97 Å². The van der Waals surface area contributed by atoms with Gasteiger partial charge >= 0.3 is 5.97 Å². The third-order valence-corrected chi connectivity index (χ3v) is 3.44. The van der Waals surface area contributed by atoms with Crippen molar-refractivity contribution >= 4 is 17.3 Å². The molecule has 2 aromatic rings. The Morgan fingerprint density at radius 1 is 1.29 bits per heavy atom. The number of thiophene rings is 1. The van der Waals surface area contributed by atoms with E-state index in [2.05, 4.69) is 0 Å². The molecule has 0 bridgehead atoms. The Labute approximate surface area is 103 Å². The summed E-state index contributed by atoms with van der Waals surface area (Å²) in [4.78, 5) is 12.1. The van der Waals surface area contributed by atoms with Crippen molar-refractivity contribution in [3.8, 4) is 16.9 Å². The molecule has 1 heterocycles. The van der Waals surface area contributed by atoms with Crippen molar-refractivity contribution < 1.29 is 14.6 Å². The van der Waals surface area contributed by atoms with Crippen LogP contribution in [0, 0.1) is 6.92 Å². The second-order valence-electron chi connectivity index (χ2n) is 3.61. The Kier molecular flexibility index (Phi) is 3.15. The smallest absolute Gasteiger partial charge is 0.335 e. The van der Waals surface area contributed by atoms with Crippen molar-refractivity contribution in [2.45, 2.75) is 6.92 Å². The standard InChI is InChI=1S/C13H12O3S/c1-8-10(5-6-17-8)11-4-3-9(13(14)15)7-12(11)16-2/h3-7H,1-2H3,(H,14,15). The normalized spacial score (nSPS) is 10.2.